The summed E-state index contributed by atoms with van der Waals surface area (Å²) in [6.45, 7) is 6.57. The van der Waals surface area contributed by atoms with Crippen molar-refractivity contribution in [2.24, 2.45) is 5.41 Å². The molecular weight excluding hydrogens is 534 g/mol. The van der Waals surface area contributed by atoms with E-state index in [9.17, 15) is 17.2 Å². The summed E-state index contributed by atoms with van der Waals surface area (Å²) >= 11 is 0. The van der Waals surface area contributed by atoms with E-state index in [2.05, 4.69) is 33.9 Å². The lowest BCUT2D eigenvalue weighted by Crippen LogP contribution is -2.37. The number of nitrogens with zero attached hydrogens (tertiary/aromatic N) is 5. The molecule has 40 heavy (non-hydrogen) atoms. The molecule has 2 aliphatic rings. The van der Waals surface area contributed by atoms with Crippen molar-refractivity contribution in [1.29, 1.82) is 0 Å². The van der Waals surface area contributed by atoms with Crippen LogP contribution in [0.15, 0.2) is 54.9 Å². The molecule has 1 N–H and O–H groups in total. The lowest BCUT2D eigenvalue weighted by Gasteiger charge is -2.37. The molecule has 2 bridgehead atoms. The molecule has 8 nitrogen and oxygen atoms in total. The second kappa shape index (κ2) is 9.24. The molecule has 11 heteroatoms. The van der Waals surface area contributed by atoms with Crippen LogP contribution in [0.2, 0.25) is 0 Å². The molecule has 1 saturated carbocycles. The monoisotopic (exact) mass is 564 g/mol. The number of nitrogens with one attached hydrogen (secondary N) is 1. The predicted molar refractivity (Wildman–Crippen MR) is 147 cm³/mol. The third kappa shape index (κ3) is 4.14. The van der Waals surface area contributed by atoms with Crippen molar-refractivity contribution in [2.75, 3.05) is 6.26 Å². The van der Waals surface area contributed by atoms with E-state index in [-0.39, 0.29) is 28.6 Å². The average molecular weight is 565 g/mol. The molecule has 0 saturated heterocycles. The molecule has 2 aliphatic carbocycles. The minimum atomic E-state index is -3.32. The largest absolute Gasteiger partial charge is 0.270 e. The van der Waals surface area contributed by atoms with Crippen LogP contribution in [0, 0.1) is 17.0 Å². The summed E-state index contributed by atoms with van der Waals surface area (Å²) in [5, 5.41) is 13.3. The van der Waals surface area contributed by atoms with Gasteiger partial charge in [-0.05, 0) is 67.0 Å². The van der Waals surface area contributed by atoms with Gasteiger partial charge in [0.15, 0.2) is 0 Å². The fraction of sp³-hybridized carbons (Fsp3) is 0.379. The van der Waals surface area contributed by atoms with Crippen LogP contribution >= 0.6 is 0 Å². The Labute approximate surface area is 231 Å². The van der Waals surface area contributed by atoms with E-state index in [1.54, 1.807) is 23.9 Å². The summed E-state index contributed by atoms with van der Waals surface area (Å²) in [4.78, 5) is 5.10. The number of rotatable bonds is 7. The minimum absolute atomic E-state index is 0.142. The first-order valence-corrected chi connectivity index (χ1v) is 15.1. The van der Waals surface area contributed by atoms with Crippen LogP contribution in [0.4, 0.5) is 8.78 Å². The molecule has 1 fully saturated rings. The van der Waals surface area contributed by atoms with Crippen LogP contribution < -0.4 is 4.72 Å². The third-order valence-electron chi connectivity index (χ3n) is 8.59. The van der Waals surface area contributed by atoms with Crippen LogP contribution in [0.5, 0.6) is 0 Å². The van der Waals surface area contributed by atoms with Crippen LogP contribution in [0.1, 0.15) is 56.5 Å². The van der Waals surface area contributed by atoms with Crippen LogP contribution in [-0.4, -0.2) is 45.7 Å². The van der Waals surface area contributed by atoms with Gasteiger partial charge < -0.3 is 0 Å². The lowest BCUT2D eigenvalue weighted by molar-refractivity contribution is 0.243. The Balaban J connectivity index is 1.37. The second-order valence-electron chi connectivity index (χ2n) is 11.5. The van der Waals surface area contributed by atoms with Gasteiger partial charge in [0.2, 0.25) is 10.0 Å². The van der Waals surface area contributed by atoms with Crippen molar-refractivity contribution >= 4 is 10.0 Å². The summed E-state index contributed by atoms with van der Waals surface area (Å²) in [7, 11) is -3.32. The van der Waals surface area contributed by atoms with E-state index in [0.717, 1.165) is 47.3 Å². The van der Waals surface area contributed by atoms with Gasteiger partial charge in [-0.2, -0.15) is 10.2 Å². The zero-order valence-electron chi connectivity index (χ0n) is 22.7. The van der Waals surface area contributed by atoms with E-state index in [1.165, 1.54) is 18.2 Å². The average Bonchev–Trinajstić information content (AvgIpc) is 3.50. The fourth-order valence-corrected chi connectivity index (χ4v) is 7.67. The topological polar surface area (TPSA) is 103 Å². The highest BCUT2D eigenvalue weighted by atomic mass is 32.2. The molecule has 1 aromatic carbocycles. The van der Waals surface area contributed by atoms with Crippen molar-refractivity contribution in [1.82, 2.24) is 29.7 Å². The Kier molecular flexibility index (Phi) is 6.15. The maximum Gasteiger partial charge on any atom is 0.209 e. The number of sulfonamides is 1. The number of fused-ring (bicyclic) bond motifs is 5. The third-order valence-corrected chi connectivity index (χ3v) is 9.42. The molecule has 3 atom stereocenters. The maximum absolute atomic E-state index is 14.6. The molecule has 6 rings (SSSR count). The Hall–Kier alpha value is -3.57. The maximum atomic E-state index is 14.6. The van der Waals surface area contributed by atoms with Gasteiger partial charge in [0, 0.05) is 17.8 Å². The molecule has 3 heterocycles. The molecule has 208 valence electrons. The Bertz CT molecular complexity index is 1720. The lowest BCUT2D eigenvalue weighted by atomic mass is 9.66. The molecule has 0 unspecified atom stereocenters. The summed E-state index contributed by atoms with van der Waals surface area (Å²) in [5.41, 5.74) is 3.49. The number of halogens is 2. The number of aromatic nitrogens is 5. The van der Waals surface area contributed by atoms with Crippen LogP contribution in [-0.2, 0) is 22.0 Å². The van der Waals surface area contributed by atoms with E-state index in [4.69, 9.17) is 4.98 Å². The Morgan fingerprint density at radius 3 is 2.55 bits per heavy atom. The van der Waals surface area contributed by atoms with Crippen molar-refractivity contribution in [3.63, 3.8) is 0 Å². The quantitative estimate of drug-likeness (QED) is 0.345. The Morgan fingerprint density at radius 1 is 1.10 bits per heavy atom. The number of benzene rings is 1. The molecule has 0 spiro atoms. The van der Waals surface area contributed by atoms with Crippen molar-refractivity contribution < 1.29 is 17.2 Å². The molecular formula is C29H30F2N6O2S. The van der Waals surface area contributed by atoms with E-state index in [0.29, 0.717) is 6.54 Å². The first kappa shape index (κ1) is 26.6. The van der Waals surface area contributed by atoms with Gasteiger partial charge >= 0.3 is 0 Å². The molecule has 0 aliphatic heterocycles. The van der Waals surface area contributed by atoms with Gasteiger partial charge in [-0.3, -0.25) is 9.67 Å². The van der Waals surface area contributed by atoms with Crippen molar-refractivity contribution in [3.05, 3.63) is 83.4 Å². The molecule has 0 amide bonds. The SMILES string of the molecule is C[C@@H](Cn1cc(-c2cccc([C@@]34CC[C@@H](c5cc(-c6c(F)cccc6F)nnc53)C4(C)C)n2)cn1)NS(C)(=O)=O. The first-order chi connectivity index (χ1) is 18.9. The van der Waals surface area contributed by atoms with E-state index >= 15 is 0 Å². The van der Waals surface area contributed by atoms with Gasteiger partial charge in [0.05, 0.1) is 52.8 Å². The highest BCUT2D eigenvalue weighted by molar-refractivity contribution is 7.88. The molecule has 4 aromatic rings. The summed E-state index contributed by atoms with van der Waals surface area (Å²) < 4.78 is 56.5. The number of hydrogen-bond acceptors (Lipinski definition) is 6. The van der Waals surface area contributed by atoms with Gasteiger partial charge in [-0.25, -0.2) is 21.9 Å². The van der Waals surface area contributed by atoms with Gasteiger partial charge in [0.25, 0.3) is 0 Å². The van der Waals surface area contributed by atoms with Crippen LogP contribution in [0.3, 0.4) is 0 Å². The smallest absolute Gasteiger partial charge is 0.209 e. The standard InChI is InChI=1S/C29H30F2N6O2S/c1-17(36-40(4,38)39)15-37-16-18(14-32-37)23-9-6-10-25(33-23)29-12-11-20(28(29,2)3)19-13-24(34-35-27(19)29)26-21(30)7-5-8-22(26)31/h5-10,13-14,16-17,20,36H,11-12,15H2,1-4H3/t17-,20-,29-/m0/s1. The van der Waals surface area contributed by atoms with Crippen LogP contribution in [0.25, 0.3) is 22.5 Å². The number of pyridine rings is 1. The molecule has 0 radical (unpaired) electrons. The first-order valence-electron chi connectivity index (χ1n) is 13.2. The van der Waals surface area contributed by atoms with Gasteiger partial charge in [-0.1, -0.05) is 26.0 Å². The minimum Gasteiger partial charge on any atom is -0.270 e. The normalized spacial score (nSPS) is 21.9. The van der Waals surface area contributed by atoms with Crippen molar-refractivity contribution in [3.8, 4) is 22.5 Å². The van der Waals surface area contributed by atoms with E-state index < -0.39 is 27.1 Å². The summed E-state index contributed by atoms with van der Waals surface area (Å²) in [6.07, 6.45) is 6.44. The highest BCUT2D eigenvalue weighted by Gasteiger charge is 2.65. The zero-order valence-corrected chi connectivity index (χ0v) is 23.5. The van der Waals surface area contributed by atoms with Gasteiger partial charge in [-0.15, -0.1) is 5.10 Å². The fourth-order valence-electron chi connectivity index (χ4n) is 6.87. The highest BCUT2D eigenvalue weighted by Crippen LogP contribution is 2.69. The predicted octanol–water partition coefficient (Wildman–Crippen LogP) is 4.82. The summed E-state index contributed by atoms with van der Waals surface area (Å²) in [6, 6.07) is 11.2. The molecule has 3 aromatic heterocycles. The second-order valence-corrected chi connectivity index (χ2v) is 13.3. The number of hydrogen-bond donors (Lipinski definition) is 1. The van der Waals surface area contributed by atoms with Gasteiger partial charge in [0.1, 0.15) is 11.6 Å². The summed E-state index contributed by atoms with van der Waals surface area (Å²) in [5.74, 6) is -1.19. The van der Waals surface area contributed by atoms with E-state index in [1.807, 2.05) is 24.4 Å². The van der Waals surface area contributed by atoms with Crippen molar-refractivity contribution in [2.45, 2.75) is 57.5 Å². The zero-order chi connectivity index (χ0) is 28.4. The Morgan fingerprint density at radius 2 is 1.82 bits per heavy atom.